The third-order valence-electron chi connectivity index (χ3n) is 3.06. The van der Waals surface area contributed by atoms with Crippen molar-refractivity contribution in [3.8, 4) is 0 Å². The van der Waals surface area contributed by atoms with E-state index in [2.05, 4.69) is 27.3 Å². The van der Waals surface area contributed by atoms with Gasteiger partial charge in [-0.25, -0.2) is 9.97 Å². The van der Waals surface area contributed by atoms with E-state index in [-0.39, 0.29) is 6.04 Å². The van der Waals surface area contributed by atoms with Crippen LogP contribution in [0.25, 0.3) is 10.9 Å². The quantitative estimate of drug-likeness (QED) is 0.706. The van der Waals surface area contributed by atoms with Crippen LogP contribution in [-0.2, 0) is 6.54 Å². The van der Waals surface area contributed by atoms with E-state index in [0.717, 1.165) is 23.3 Å². The zero-order valence-corrected chi connectivity index (χ0v) is 11.2. The minimum absolute atomic E-state index is 0.200. The summed E-state index contributed by atoms with van der Waals surface area (Å²) in [4.78, 5) is 8.55. The lowest BCUT2D eigenvalue weighted by Gasteiger charge is -2.15. The predicted molar refractivity (Wildman–Crippen MR) is 79.3 cm³/mol. The van der Waals surface area contributed by atoms with Crippen molar-refractivity contribution in [1.82, 2.24) is 19.7 Å². The van der Waals surface area contributed by atoms with Crippen molar-refractivity contribution in [2.24, 2.45) is 0 Å². The molecule has 0 bridgehead atoms. The molecule has 102 valence electrons. The highest BCUT2D eigenvalue weighted by Crippen LogP contribution is 2.21. The van der Waals surface area contributed by atoms with Gasteiger partial charge in [-0.05, 0) is 31.2 Å². The van der Waals surface area contributed by atoms with Crippen molar-refractivity contribution in [2.45, 2.75) is 19.5 Å². The number of aromatic nitrogens is 4. The number of rotatable bonds is 4. The first kappa shape index (κ1) is 12.4. The summed E-state index contributed by atoms with van der Waals surface area (Å²) in [5, 5.41) is 8.56. The van der Waals surface area contributed by atoms with Gasteiger partial charge in [-0.2, -0.15) is 5.10 Å². The SMILES string of the molecule is CC(Cn1cccn1)Nc1ncnc2cc(N)ccc12. The van der Waals surface area contributed by atoms with E-state index >= 15 is 0 Å². The Bertz CT molecular complexity index is 707. The van der Waals surface area contributed by atoms with Gasteiger partial charge < -0.3 is 11.1 Å². The normalized spacial score (nSPS) is 12.4. The monoisotopic (exact) mass is 268 g/mol. The number of nitrogens with zero attached hydrogens (tertiary/aromatic N) is 4. The zero-order valence-electron chi connectivity index (χ0n) is 11.2. The maximum atomic E-state index is 5.77. The van der Waals surface area contributed by atoms with E-state index in [9.17, 15) is 0 Å². The predicted octanol–water partition coefficient (Wildman–Crippen LogP) is 1.91. The van der Waals surface area contributed by atoms with Gasteiger partial charge in [-0.3, -0.25) is 4.68 Å². The molecule has 6 heteroatoms. The van der Waals surface area contributed by atoms with Crippen molar-refractivity contribution in [1.29, 1.82) is 0 Å². The molecular weight excluding hydrogens is 252 g/mol. The molecule has 3 rings (SSSR count). The first-order valence-corrected chi connectivity index (χ1v) is 6.46. The van der Waals surface area contributed by atoms with Crippen LogP contribution in [0.2, 0.25) is 0 Å². The highest BCUT2D eigenvalue weighted by molar-refractivity contribution is 5.90. The molecule has 1 unspecified atom stereocenters. The number of nitrogens with two attached hydrogens (primary N) is 1. The average Bonchev–Trinajstić information content (AvgIpc) is 2.91. The van der Waals surface area contributed by atoms with Gasteiger partial charge in [0.05, 0.1) is 12.1 Å². The second kappa shape index (κ2) is 5.16. The molecule has 2 aromatic heterocycles. The van der Waals surface area contributed by atoms with E-state index in [1.165, 1.54) is 0 Å². The number of nitrogen functional groups attached to an aromatic ring is 1. The minimum Gasteiger partial charge on any atom is -0.399 e. The number of hydrogen-bond donors (Lipinski definition) is 2. The van der Waals surface area contributed by atoms with Gasteiger partial charge in [0.1, 0.15) is 12.1 Å². The summed E-state index contributed by atoms with van der Waals surface area (Å²) in [5.41, 5.74) is 7.32. The topological polar surface area (TPSA) is 81.7 Å². The van der Waals surface area contributed by atoms with Crippen LogP contribution in [-0.4, -0.2) is 25.8 Å². The Balaban J connectivity index is 1.83. The molecule has 3 N–H and O–H groups in total. The van der Waals surface area contributed by atoms with E-state index in [0.29, 0.717) is 5.69 Å². The number of fused-ring (bicyclic) bond motifs is 1. The van der Waals surface area contributed by atoms with E-state index in [1.54, 1.807) is 12.5 Å². The molecule has 2 heterocycles. The third-order valence-corrected chi connectivity index (χ3v) is 3.06. The third kappa shape index (κ3) is 2.54. The summed E-state index contributed by atoms with van der Waals surface area (Å²) in [6.07, 6.45) is 5.26. The lowest BCUT2D eigenvalue weighted by molar-refractivity contribution is 0.560. The van der Waals surface area contributed by atoms with Crippen molar-refractivity contribution < 1.29 is 0 Å². The van der Waals surface area contributed by atoms with Crippen LogP contribution in [0.5, 0.6) is 0 Å². The standard InChI is InChI=1S/C14H16N6/c1-10(8-20-6-2-5-18-20)19-14-12-4-3-11(15)7-13(12)16-9-17-14/h2-7,9-10H,8,15H2,1H3,(H,16,17,19). The van der Waals surface area contributed by atoms with Gasteiger partial charge in [0.15, 0.2) is 0 Å². The lowest BCUT2D eigenvalue weighted by atomic mass is 10.2. The summed E-state index contributed by atoms with van der Waals surface area (Å²) in [7, 11) is 0. The van der Waals surface area contributed by atoms with Gasteiger partial charge in [0.2, 0.25) is 0 Å². The number of benzene rings is 1. The molecule has 0 radical (unpaired) electrons. The second-order valence-electron chi connectivity index (χ2n) is 4.77. The van der Waals surface area contributed by atoms with Crippen molar-refractivity contribution >= 4 is 22.4 Å². The largest absolute Gasteiger partial charge is 0.399 e. The molecule has 0 saturated heterocycles. The fraction of sp³-hybridized carbons (Fsp3) is 0.214. The molecule has 0 fully saturated rings. The number of anilines is 2. The molecule has 6 nitrogen and oxygen atoms in total. The molecule has 0 saturated carbocycles. The highest BCUT2D eigenvalue weighted by Gasteiger charge is 2.08. The molecule has 20 heavy (non-hydrogen) atoms. The Labute approximate surface area is 116 Å². The molecule has 0 aliphatic heterocycles. The molecule has 0 aliphatic carbocycles. The van der Waals surface area contributed by atoms with Crippen LogP contribution in [0, 0.1) is 0 Å². The van der Waals surface area contributed by atoms with E-state index in [4.69, 9.17) is 5.73 Å². The fourth-order valence-corrected chi connectivity index (χ4v) is 2.16. The van der Waals surface area contributed by atoms with Gasteiger partial charge in [-0.15, -0.1) is 0 Å². The molecular formula is C14H16N6. The molecule has 0 amide bonds. The highest BCUT2D eigenvalue weighted by atomic mass is 15.3. The first-order chi connectivity index (χ1) is 9.72. The van der Waals surface area contributed by atoms with Crippen molar-refractivity contribution in [3.05, 3.63) is 43.0 Å². The maximum Gasteiger partial charge on any atom is 0.137 e. The van der Waals surface area contributed by atoms with E-state index < -0.39 is 0 Å². The zero-order chi connectivity index (χ0) is 13.9. The Morgan fingerprint density at radius 2 is 2.25 bits per heavy atom. The second-order valence-corrected chi connectivity index (χ2v) is 4.77. The number of hydrogen-bond acceptors (Lipinski definition) is 5. The molecule has 1 atom stereocenters. The van der Waals surface area contributed by atoms with Crippen molar-refractivity contribution in [2.75, 3.05) is 11.1 Å². The summed E-state index contributed by atoms with van der Waals surface area (Å²) in [6, 6.07) is 7.75. The molecule has 3 aromatic rings. The molecule has 1 aromatic carbocycles. The van der Waals surface area contributed by atoms with Gasteiger partial charge >= 0.3 is 0 Å². The lowest BCUT2D eigenvalue weighted by Crippen LogP contribution is -2.23. The molecule has 0 aliphatic rings. The summed E-state index contributed by atoms with van der Waals surface area (Å²) >= 11 is 0. The van der Waals surface area contributed by atoms with Gasteiger partial charge in [-0.1, -0.05) is 0 Å². The summed E-state index contributed by atoms with van der Waals surface area (Å²) in [6.45, 7) is 2.86. The Hall–Kier alpha value is -2.63. The van der Waals surface area contributed by atoms with Crippen molar-refractivity contribution in [3.63, 3.8) is 0 Å². The summed E-state index contributed by atoms with van der Waals surface area (Å²) in [5.74, 6) is 0.814. The first-order valence-electron chi connectivity index (χ1n) is 6.46. The smallest absolute Gasteiger partial charge is 0.137 e. The van der Waals surface area contributed by atoms with Crippen LogP contribution < -0.4 is 11.1 Å². The number of nitrogens with one attached hydrogen (secondary N) is 1. The van der Waals surface area contributed by atoms with Crippen LogP contribution >= 0.6 is 0 Å². The van der Waals surface area contributed by atoms with Crippen LogP contribution in [0.15, 0.2) is 43.0 Å². The van der Waals surface area contributed by atoms with Crippen LogP contribution in [0.4, 0.5) is 11.5 Å². The van der Waals surface area contributed by atoms with Gasteiger partial charge in [0.25, 0.3) is 0 Å². The Kier molecular flexibility index (Phi) is 3.20. The Morgan fingerprint density at radius 3 is 3.05 bits per heavy atom. The molecule has 0 spiro atoms. The maximum absolute atomic E-state index is 5.77. The van der Waals surface area contributed by atoms with Crippen LogP contribution in [0.3, 0.4) is 0 Å². The van der Waals surface area contributed by atoms with Crippen LogP contribution in [0.1, 0.15) is 6.92 Å². The minimum atomic E-state index is 0.200. The van der Waals surface area contributed by atoms with E-state index in [1.807, 2.05) is 35.1 Å². The Morgan fingerprint density at radius 1 is 1.35 bits per heavy atom. The average molecular weight is 268 g/mol. The fourth-order valence-electron chi connectivity index (χ4n) is 2.16. The summed E-state index contributed by atoms with van der Waals surface area (Å²) < 4.78 is 1.89. The van der Waals surface area contributed by atoms with Gasteiger partial charge in [0, 0.05) is 29.5 Å².